The number of aliphatic hydroxyl groups excluding tert-OH is 1. The number of nitrogens with zero attached hydrogens (tertiary/aromatic N) is 2. The maximum Gasteiger partial charge on any atom is 0.231 e. The molecule has 2 atom stereocenters. The highest BCUT2D eigenvalue weighted by molar-refractivity contribution is 5.88. The van der Waals surface area contributed by atoms with Gasteiger partial charge >= 0.3 is 0 Å². The van der Waals surface area contributed by atoms with Crippen LogP contribution in [-0.4, -0.2) is 36.1 Å². The van der Waals surface area contributed by atoms with Crippen LogP contribution in [0.15, 0.2) is 47.2 Å². The van der Waals surface area contributed by atoms with Crippen molar-refractivity contribution >= 4 is 16.8 Å². The molecule has 128 valence electrons. The first-order valence-corrected chi connectivity index (χ1v) is 8.44. The molecule has 1 fully saturated rings. The first kappa shape index (κ1) is 14.6. The minimum Gasteiger partial charge on any atom is -0.464 e. The third kappa shape index (κ3) is 2.41. The first-order valence-electron chi connectivity index (χ1n) is 8.44. The molecular formula is C19H18N2O4. The standard InChI is InChI=1S/C19H18N2O4/c22-15-10-21(19-14-5-8-23-16(14)3-6-20-19)7-4-13(15)12-1-2-17-18(9-12)25-11-24-17/h1-3,5-6,8-9,13,15,22H,4,7,10-11H2/t13-,15+/m0/s1. The van der Waals surface area contributed by atoms with Gasteiger partial charge in [-0.25, -0.2) is 4.98 Å². The van der Waals surface area contributed by atoms with Gasteiger partial charge in [-0.15, -0.1) is 0 Å². The van der Waals surface area contributed by atoms with E-state index in [1.807, 2.05) is 30.3 Å². The van der Waals surface area contributed by atoms with E-state index in [1.165, 1.54) is 0 Å². The summed E-state index contributed by atoms with van der Waals surface area (Å²) in [5, 5.41) is 11.7. The van der Waals surface area contributed by atoms with Gasteiger partial charge in [0, 0.05) is 25.2 Å². The zero-order chi connectivity index (χ0) is 16.8. The highest BCUT2D eigenvalue weighted by atomic mass is 16.7. The molecule has 1 saturated heterocycles. The number of pyridine rings is 1. The van der Waals surface area contributed by atoms with Crippen molar-refractivity contribution in [3.05, 3.63) is 48.4 Å². The number of ether oxygens (including phenoxy) is 2. The molecule has 0 unspecified atom stereocenters. The van der Waals surface area contributed by atoms with Crippen LogP contribution in [0.25, 0.3) is 11.0 Å². The maximum absolute atomic E-state index is 10.8. The molecule has 0 saturated carbocycles. The zero-order valence-electron chi connectivity index (χ0n) is 13.6. The number of fused-ring (bicyclic) bond motifs is 2. The van der Waals surface area contributed by atoms with Gasteiger partial charge in [0.1, 0.15) is 11.4 Å². The number of furan rings is 1. The van der Waals surface area contributed by atoms with Gasteiger partial charge < -0.3 is 23.9 Å². The number of piperidine rings is 1. The van der Waals surface area contributed by atoms with Crippen LogP contribution in [-0.2, 0) is 0 Å². The van der Waals surface area contributed by atoms with Gasteiger partial charge in [-0.2, -0.15) is 0 Å². The van der Waals surface area contributed by atoms with E-state index in [9.17, 15) is 5.11 Å². The van der Waals surface area contributed by atoms with Crippen LogP contribution in [0.1, 0.15) is 17.9 Å². The summed E-state index contributed by atoms with van der Waals surface area (Å²) in [6.45, 7) is 1.63. The molecule has 0 spiro atoms. The second kappa shape index (κ2) is 5.67. The van der Waals surface area contributed by atoms with Crippen molar-refractivity contribution in [2.45, 2.75) is 18.4 Å². The fraction of sp³-hybridized carbons (Fsp3) is 0.316. The van der Waals surface area contributed by atoms with Gasteiger partial charge in [0.15, 0.2) is 11.5 Å². The zero-order valence-corrected chi connectivity index (χ0v) is 13.6. The van der Waals surface area contributed by atoms with Gasteiger partial charge in [0.05, 0.1) is 17.8 Å². The summed E-state index contributed by atoms with van der Waals surface area (Å²) in [6, 6.07) is 9.71. The van der Waals surface area contributed by atoms with Crippen LogP contribution in [0, 0.1) is 0 Å². The number of β-amino-alcohol motifs (C(OH)–C–C–N with tert-alkyl or cyclic N) is 1. The topological polar surface area (TPSA) is 68.0 Å². The van der Waals surface area contributed by atoms with E-state index in [2.05, 4.69) is 9.88 Å². The van der Waals surface area contributed by atoms with Gasteiger partial charge in [-0.3, -0.25) is 0 Å². The maximum atomic E-state index is 10.8. The fourth-order valence-electron chi connectivity index (χ4n) is 3.79. The molecule has 2 aliphatic rings. The molecule has 5 rings (SSSR count). The minimum absolute atomic E-state index is 0.0781. The van der Waals surface area contributed by atoms with Crippen LogP contribution in [0.2, 0.25) is 0 Å². The highest BCUT2D eigenvalue weighted by Gasteiger charge is 2.31. The SMILES string of the molecule is O[C@@H]1CN(c2nccc3occc23)CC[C@H]1c1ccc2c(c1)OCO2. The third-order valence-corrected chi connectivity index (χ3v) is 5.07. The van der Waals surface area contributed by atoms with Crippen LogP contribution in [0.3, 0.4) is 0 Å². The van der Waals surface area contributed by atoms with Gasteiger partial charge in [-0.1, -0.05) is 6.07 Å². The van der Waals surface area contributed by atoms with E-state index in [0.29, 0.717) is 6.54 Å². The Balaban J connectivity index is 1.39. The van der Waals surface area contributed by atoms with Crippen molar-refractivity contribution in [1.29, 1.82) is 0 Å². The van der Waals surface area contributed by atoms with Crippen LogP contribution in [0.5, 0.6) is 11.5 Å². The normalized spacial score (nSPS) is 22.5. The van der Waals surface area contributed by atoms with Crippen molar-refractivity contribution in [3.8, 4) is 11.5 Å². The predicted octanol–water partition coefficient (Wildman–Crippen LogP) is 2.91. The Labute approximate surface area is 144 Å². The molecule has 25 heavy (non-hydrogen) atoms. The van der Waals surface area contributed by atoms with E-state index in [0.717, 1.165) is 46.8 Å². The molecule has 3 aromatic rings. The van der Waals surface area contributed by atoms with Crippen LogP contribution >= 0.6 is 0 Å². The quantitative estimate of drug-likeness (QED) is 0.775. The lowest BCUT2D eigenvalue weighted by atomic mass is 9.87. The molecule has 4 heterocycles. The molecule has 1 aromatic carbocycles. The number of hydrogen-bond acceptors (Lipinski definition) is 6. The lowest BCUT2D eigenvalue weighted by molar-refractivity contribution is 0.129. The number of aliphatic hydroxyl groups is 1. The van der Waals surface area contributed by atoms with Gasteiger partial charge in [0.2, 0.25) is 6.79 Å². The number of anilines is 1. The summed E-state index contributed by atoms with van der Waals surface area (Å²) in [6.07, 6.45) is 3.79. The smallest absolute Gasteiger partial charge is 0.231 e. The van der Waals surface area contributed by atoms with Crippen molar-refractivity contribution < 1.29 is 19.0 Å². The molecule has 1 N–H and O–H groups in total. The van der Waals surface area contributed by atoms with Crippen LogP contribution < -0.4 is 14.4 Å². The van der Waals surface area contributed by atoms with E-state index < -0.39 is 6.10 Å². The molecule has 2 aromatic heterocycles. The molecule has 6 heteroatoms. The summed E-state index contributed by atoms with van der Waals surface area (Å²) in [5.41, 5.74) is 1.91. The second-order valence-electron chi connectivity index (χ2n) is 6.49. The lowest BCUT2D eigenvalue weighted by Gasteiger charge is -2.37. The molecule has 0 radical (unpaired) electrons. The Bertz CT molecular complexity index is 923. The first-order chi connectivity index (χ1) is 12.3. The molecule has 0 aliphatic carbocycles. The summed E-state index contributed by atoms with van der Waals surface area (Å²) >= 11 is 0. The Morgan fingerprint density at radius 2 is 2.04 bits per heavy atom. The molecular weight excluding hydrogens is 320 g/mol. The van der Waals surface area contributed by atoms with Crippen molar-refractivity contribution in [2.24, 2.45) is 0 Å². The number of aromatic nitrogens is 1. The Morgan fingerprint density at radius 3 is 2.96 bits per heavy atom. The average Bonchev–Trinajstić information content (AvgIpc) is 3.29. The van der Waals surface area contributed by atoms with Crippen molar-refractivity contribution in [2.75, 3.05) is 24.8 Å². The van der Waals surface area contributed by atoms with Crippen molar-refractivity contribution in [1.82, 2.24) is 4.98 Å². The third-order valence-electron chi connectivity index (χ3n) is 5.07. The van der Waals surface area contributed by atoms with Crippen LogP contribution in [0.4, 0.5) is 5.82 Å². The Hall–Kier alpha value is -2.73. The number of rotatable bonds is 2. The summed E-state index contributed by atoms with van der Waals surface area (Å²) < 4.78 is 16.3. The monoisotopic (exact) mass is 338 g/mol. The predicted molar refractivity (Wildman–Crippen MR) is 92.2 cm³/mol. The molecule has 0 amide bonds. The fourth-order valence-corrected chi connectivity index (χ4v) is 3.79. The van der Waals surface area contributed by atoms with Gasteiger partial charge in [0.25, 0.3) is 0 Å². The van der Waals surface area contributed by atoms with E-state index >= 15 is 0 Å². The number of benzene rings is 1. The highest BCUT2D eigenvalue weighted by Crippen LogP contribution is 2.38. The second-order valence-corrected chi connectivity index (χ2v) is 6.49. The van der Waals surface area contributed by atoms with Gasteiger partial charge in [-0.05, 0) is 36.2 Å². The van der Waals surface area contributed by atoms with E-state index in [-0.39, 0.29) is 12.7 Å². The van der Waals surface area contributed by atoms with E-state index in [1.54, 1.807) is 12.5 Å². The summed E-state index contributed by atoms with van der Waals surface area (Å²) in [7, 11) is 0. The molecule has 0 bridgehead atoms. The molecule has 6 nitrogen and oxygen atoms in total. The summed E-state index contributed by atoms with van der Waals surface area (Å²) in [4.78, 5) is 6.63. The number of hydrogen-bond donors (Lipinski definition) is 1. The molecule has 2 aliphatic heterocycles. The minimum atomic E-state index is -0.474. The average molecular weight is 338 g/mol. The lowest BCUT2D eigenvalue weighted by Crippen LogP contribution is -2.43. The largest absolute Gasteiger partial charge is 0.464 e. The Kier molecular flexibility index (Phi) is 3.31. The Morgan fingerprint density at radius 1 is 1.12 bits per heavy atom. The summed E-state index contributed by atoms with van der Waals surface area (Å²) in [5.74, 6) is 2.48. The van der Waals surface area contributed by atoms with E-state index in [4.69, 9.17) is 13.9 Å². The van der Waals surface area contributed by atoms with Crippen molar-refractivity contribution in [3.63, 3.8) is 0 Å².